The Morgan fingerprint density at radius 2 is 2.00 bits per heavy atom. The molecule has 2 unspecified atom stereocenters. The average molecular weight is 253 g/mol. The lowest BCUT2D eigenvalue weighted by Crippen LogP contribution is -2.35. The molecule has 0 spiro atoms. The number of hydrogen-bond acceptors (Lipinski definition) is 2. The number of rotatable bonds is 2. The van der Waals surface area contributed by atoms with Crippen LogP contribution in [0, 0.1) is 5.92 Å². The Labute approximate surface area is 107 Å². The minimum absolute atomic E-state index is 0.0184. The number of carbonyl (C=O) groups excluding carboxylic acids is 1. The van der Waals surface area contributed by atoms with E-state index in [0.717, 1.165) is 18.4 Å². The van der Waals surface area contributed by atoms with Crippen molar-refractivity contribution in [3.8, 4) is 0 Å². The molecule has 1 aromatic rings. The summed E-state index contributed by atoms with van der Waals surface area (Å²) in [5.74, 6) is 0.278. The third-order valence-corrected chi connectivity index (χ3v) is 3.96. The van der Waals surface area contributed by atoms with Gasteiger partial charge in [0.1, 0.15) is 5.78 Å². The number of Topliss-reactive ketones (excluding diaryl/α,β-unsaturated/α-hetero) is 1. The first-order valence-corrected chi connectivity index (χ1v) is 6.38. The highest BCUT2D eigenvalue weighted by molar-refractivity contribution is 6.30. The van der Waals surface area contributed by atoms with Crippen LogP contribution >= 0.6 is 11.6 Å². The average Bonchev–Trinajstić information content (AvgIpc) is 2.29. The first kappa shape index (κ1) is 12.6. The third-order valence-electron chi connectivity index (χ3n) is 3.71. The Morgan fingerprint density at radius 1 is 1.35 bits per heavy atom. The predicted octanol–water partition coefficient (Wildman–Crippen LogP) is 3.31. The zero-order valence-electron chi connectivity index (χ0n) is 9.95. The molecule has 3 heteroatoms. The molecule has 2 rings (SSSR count). The molecule has 1 N–H and O–H groups in total. The first-order valence-electron chi connectivity index (χ1n) is 6.00. The quantitative estimate of drug-likeness (QED) is 0.877. The molecule has 0 radical (unpaired) electrons. The summed E-state index contributed by atoms with van der Waals surface area (Å²) in [7, 11) is 0. The van der Waals surface area contributed by atoms with Crippen molar-refractivity contribution in [3.63, 3.8) is 0 Å². The van der Waals surface area contributed by atoms with E-state index < -0.39 is 5.60 Å². The Balaban J connectivity index is 2.22. The monoisotopic (exact) mass is 252 g/mol. The van der Waals surface area contributed by atoms with Crippen molar-refractivity contribution in [1.29, 1.82) is 0 Å². The molecular weight excluding hydrogens is 236 g/mol. The molecule has 92 valence electrons. The molecule has 1 aromatic carbocycles. The molecule has 0 amide bonds. The van der Waals surface area contributed by atoms with E-state index in [9.17, 15) is 9.90 Å². The van der Waals surface area contributed by atoms with Crippen molar-refractivity contribution in [3.05, 3.63) is 34.9 Å². The van der Waals surface area contributed by atoms with Crippen molar-refractivity contribution < 1.29 is 9.90 Å². The fourth-order valence-electron chi connectivity index (χ4n) is 2.53. The zero-order valence-corrected chi connectivity index (χ0v) is 10.7. The Morgan fingerprint density at radius 3 is 2.59 bits per heavy atom. The SMILES string of the molecule is CC(O)(c1ccc(Cl)cc1)C1CCCC(=O)C1. The van der Waals surface area contributed by atoms with E-state index in [-0.39, 0.29) is 11.7 Å². The standard InChI is InChI=1S/C14H17ClO2/c1-14(17,10-5-7-12(15)8-6-10)11-3-2-4-13(16)9-11/h5-8,11,17H,2-4,9H2,1H3. The van der Waals surface area contributed by atoms with E-state index in [0.29, 0.717) is 17.9 Å². The van der Waals surface area contributed by atoms with Crippen LogP contribution in [0.1, 0.15) is 38.2 Å². The van der Waals surface area contributed by atoms with Gasteiger partial charge in [-0.25, -0.2) is 0 Å². The molecule has 1 aliphatic carbocycles. The molecule has 17 heavy (non-hydrogen) atoms. The summed E-state index contributed by atoms with van der Waals surface area (Å²) in [6, 6.07) is 7.22. The van der Waals surface area contributed by atoms with Crippen molar-refractivity contribution in [2.24, 2.45) is 5.92 Å². The van der Waals surface area contributed by atoms with Gasteiger partial charge in [-0.05, 0) is 43.4 Å². The van der Waals surface area contributed by atoms with Gasteiger partial charge in [-0.1, -0.05) is 23.7 Å². The molecule has 1 saturated carbocycles. The second-order valence-corrected chi connectivity index (χ2v) is 5.42. The molecule has 0 aromatic heterocycles. The van der Waals surface area contributed by atoms with Gasteiger partial charge < -0.3 is 5.11 Å². The van der Waals surface area contributed by atoms with Crippen LogP contribution in [0.3, 0.4) is 0 Å². The van der Waals surface area contributed by atoms with Gasteiger partial charge >= 0.3 is 0 Å². The van der Waals surface area contributed by atoms with Crippen LogP contribution < -0.4 is 0 Å². The Hall–Kier alpha value is -0.860. The second kappa shape index (κ2) is 4.79. The zero-order chi connectivity index (χ0) is 12.5. The summed E-state index contributed by atoms with van der Waals surface area (Å²) < 4.78 is 0. The van der Waals surface area contributed by atoms with Gasteiger partial charge in [-0.15, -0.1) is 0 Å². The number of benzene rings is 1. The van der Waals surface area contributed by atoms with E-state index in [2.05, 4.69) is 0 Å². The van der Waals surface area contributed by atoms with Gasteiger partial charge in [0.15, 0.2) is 0 Å². The normalized spacial score (nSPS) is 24.4. The summed E-state index contributed by atoms with van der Waals surface area (Å²) >= 11 is 5.83. The van der Waals surface area contributed by atoms with Gasteiger partial charge in [0.2, 0.25) is 0 Å². The molecule has 2 atom stereocenters. The van der Waals surface area contributed by atoms with Crippen LogP contribution in [0.5, 0.6) is 0 Å². The lowest BCUT2D eigenvalue weighted by Gasteiger charge is -2.35. The molecular formula is C14H17ClO2. The van der Waals surface area contributed by atoms with Crippen LogP contribution in [0.25, 0.3) is 0 Å². The maximum Gasteiger partial charge on any atom is 0.133 e. The predicted molar refractivity (Wildman–Crippen MR) is 68.0 cm³/mol. The molecule has 0 aliphatic heterocycles. The van der Waals surface area contributed by atoms with Crippen molar-refractivity contribution in [1.82, 2.24) is 0 Å². The van der Waals surface area contributed by atoms with E-state index in [1.54, 1.807) is 19.1 Å². The number of hydrogen-bond donors (Lipinski definition) is 1. The molecule has 1 aliphatic rings. The minimum Gasteiger partial charge on any atom is -0.385 e. The van der Waals surface area contributed by atoms with E-state index in [4.69, 9.17) is 11.6 Å². The summed E-state index contributed by atoms with van der Waals surface area (Å²) in [6.07, 6.45) is 2.93. The van der Waals surface area contributed by atoms with E-state index in [1.165, 1.54) is 0 Å². The second-order valence-electron chi connectivity index (χ2n) is 4.99. The Bertz CT molecular complexity index is 409. The Kier molecular flexibility index (Phi) is 3.55. The summed E-state index contributed by atoms with van der Waals surface area (Å²) in [5.41, 5.74) is -0.109. The fraction of sp³-hybridized carbons (Fsp3) is 0.500. The lowest BCUT2D eigenvalue weighted by atomic mass is 9.74. The highest BCUT2D eigenvalue weighted by Crippen LogP contribution is 2.38. The highest BCUT2D eigenvalue weighted by atomic mass is 35.5. The van der Waals surface area contributed by atoms with E-state index >= 15 is 0 Å². The summed E-state index contributed by atoms with van der Waals surface area (Å²) in [4.78, 5) is 11.5. The molecule has 0 bridgehead atoms. The van der Waals surface area contributed by atoms with Gasteiger partial charge in [0, 0.05) is 17.9 Å². The van der Waals surface area contributed by atoms with Crippen LogP contribution in [0.2, 0.25) is 5.02 Å². The van der Waals surface area contributed by atoms with Crippen molar-refractivity contribution in [2.75, 3.05) is 0 Å². The van der Waals surface area contributed by atoms with E-state index in [1.807, 2.05) is 12.1 Å². The van der Waals surface area contributed by atoms with Crippen LogP contribution in [-0.2, 0) is 10.4 Å². The maximum absolute atomic E-state index is 11.5. The molecule has 0 saturated heterocycles. The third kappa shape index (κ3) is 2.70. The molecule has 0 heterocycles. The van der Waals surface area contributed by atoms with Crippen molar-refractivity contribution in [2.45, 2.75) is 38.2 Å². The summed E-state index contributed by atoms with van der Waals surface area (Å²) in [5, 5.41) is 11.3. The largest absolute Gasteiger partial charge is 0.385 e. The highest BCUT2D eigenvalue weighted by Gasteiger charge is 2.36. The number of halogens is 1. The number of carbonyl (C=O) groups is 1. The lowest BCUT2D eigenvalue weighted by molar-refractivity contribution is -0.125. The summed E-state index contributed by atoms with van der Waals surface area (Å²) in [6.45, 7) is 1.79. The topological polar surface area (TPSA) is 37.3 Å². The van der Waals surface area contributed by atoms with Crippen LogP contribution in [0.4, 0.5) is 0 Å². The van der Waals surface area contributed by atoms with Crippen molar-refractivity contribution >= 4 is 17.4 Å². The maximum atomic E-state index is 11.5. The minimum atomic E-state index is -0.944. The van der Waals surface area contributed by atoms with Crippen LogP contribution in [0.15, 0.2) is 24.3 Å². The van der Waals surface area contributed by atoms with Crippen LogP contribution in [-0.4, -0.2) is 10.9 Å². The molecule has 2 nitrogen and oxygen atoms in total. The smallest absolute Gasteiger partial charge is 0.133 e. The van der Waals surface area contributed by atoms with Gasteiger partial charge in [0.05, 0.1) is 5.60 Å². The fourth-order valence-corrected chi connectivity index (χ4v) is 2.65. The number of aliphatic hydroxyl groups is 1. The number of ketones is 1. The first-order chi connectivity index (χ1) is 8.00. The van der Waals surface area contributed by atoms with Gasteiger partial charge in [0.25, 0.3) is 0 Å². The molecule has 1 fully saturated rings. The van der Waals surface area contributed by atoms with Gasteiger partial charge in [-0.2, -0.15) is 0 Å². The van der Waals surface area contributed by atoms with Gasteiger partial charge in [-0.3, -0.25) is 4.79 Å².